The van der Waals surface area contributed by atoms with E-state index in [1.807, 2.05) is 17.5 Å². The highest BCUT2D eigenvalue weighted by molar-refractivity contribution is 7.89. The summed E-state index contributed by atoms with van der Waals surface area (Å²) in [5.74, 6) is -0.134. The Kier molecular flexibility index (Phi) is 6.92. The molecule has 0 bridgehead atoms. The predicted octanol–water partition coefficient (Wildman–Crippen LogP) is 2.24. The van der Waals surface area contributed by atoms with Gasteiger partial charge in [0, 0.05) is 30.8 Å². The number of sulfonamides is 1. The Balaban J connectivity index is 1.91. The molecule has 0 atom stereocenters. The van der Waals surface area contributed by atoms with Crippen molar-refractivity contribution in [3.8, 4) is 0 Å². The fourth-order valence-electron chi connectivity index (χ4n) is 2.00. The van der Waals surface area contributed by atoms with E-state index in [0.29, 0.717) is 31.7 Å². The zero-order valence-electron chi connectivity index (χ0n) is 13.3. The van der Waals surface area contributed by atoms with Crippen molar-refractivity contribution in [2.45, 2.75) is 17.7 Å². The molecule has 6 nitrogen and oxygen atoms in total. The summed E-state index contributed by atoms with van der Waals surface area (Å²) in [5.41, 5.74) is 0.565. The van der Waals surface area contributed by atoms with Crippen LogP contribution in [0.25, 0.3) is 0 Å². The van der Waals surface area contributed by atoms with Gasteiger partial charge >= 0.3 is 0 Å². The van der Waals surface area contributed by atoms with Gasteiger partial charge in [-0.3, -0.25) is 4.79 Å². The Bertz CT molecular complexity index is 741. The molecule has 1 heterocycles. The molecule has 1 amide bonds. The van der Waals surface area contributed by atoms with Gasteiger partial charge in [0.25, 0.3) is 0 Å². The summed E-state index contributed by atoms with van der Waals surface area (Å²) >= 11 is 1.52. The third-order valence-corrected chi connectivity index (χ3v) is 5.53. The lowest BCUT2D eigenvalue weighted by molar-refractivity contribution is -0.115. The maximum atomic E-state index is 12.1. The van der Waals surface area contributed by atoms with Crippen LogP contribution in [0.15, 0.2) is 46.7 Å². The zero-order valence-corrected chi connectivity index (χ0v) is 15.0. The molecular formula is C16H20N2O4S2. The van der Waals surface area contributed by atoms with Gasteiger partial charge in [0.2, 0.25) is 15.9 Å². The fraction of sp³-hybridized carbons (Fsp3) is 0.312. The Morgan fingerprint density at radius 2 is 1.96 bits per heavy atom. The van der Waals surface area contributed by atoms with E-state index in [9.17, 15) is 13.2 Å². The van der Waals surface area contributed by atoms with Crippen molar-refractivity contribution in [2.75, 3.05) is 25.6 Å². The summed E-state index contributed by atoms with van der Waals surface area (Å²) in [6, 6.07) is 9.90. The van der Waals surface area contributed by atoms with Crippen molar-refractivity contribution in [3.63, 3.8) is 0 Å². The first-order chi connectivity index (χ1) is 11.5. The average Bonchev–Trinajstić information content (AvgIpc) is 3.05. The highest BCUT2D eigenvalue weighted by Gasteiger charge is 2.13. The lowest BCUT2D eigenvalue weighted by Crippen LogP contribution is -2.25. The lowest BCUT2D eigenvalue weighted by Gasteiger charge is -2.08. The van der Waals surface area contributed by atoms with Gasteiger partial charge in [0.05, 0.1) is 11.3 Å². The van der Waals surface area contributed by atoms with Gasteiger partial charge in [-0.15, -0.1) is 11.3 Å². The highest BCUT2D eigenvalue weighted by Crippen LogP contribution is 2.15. The second-order valence-electron chi connectivity index (χ2n) is 5.07. The molecule has 0 aliphatic rings. The number of carbonyl (C=O) groups is 1. The number of hydrogen-bond donors (Lipinski definition) is 2. The Labute approximate surface area is 145 Å². The van der Waals surface area contributed by atoms with E-state index in [-0.39, 0.29) is 10.8 Å². The van der Waals surface area contributed by atoms with E-state index < -0.39 is 10.0 Å². The minimum Gasteiger partial charge on any atom is -0.385 e. The van der Waals surface area contributed by atoms with E-state index in [4.69, 9.17) is 4.74 Å². The van der Waals surface area contributed by atoms with Gasteiger partial charge in [-0.05, 0) is 42.1 Å². The second-order valence-corrected chi connectivity index (χ2v) is 7.87. The van der Waals surface area contributed by atoms with Crippen LogP contribution in [0.2, 0.25) is 0 Å². The SMILES string of the molecule is COCCCNS(=O)(=O)c1ccc(NC(=O)Cc2cccs2)cc1. The monoisotopic (exact) mass is 368 g/mol. The smallest absolute Gasteiger partial charge is 0.240 e. The first-order valence-electron chi connectivity index (χ1n) is 7.42. The first-order valence-corrected chi connectivity index (χ1v) is 9.78. The van der Waals surface area contributed by atoms with E-state index >= 15 is 0 Å². The standard InChI is InChI=1S/C16H20N2O4S2/c1-22-10-3-9-17-24(20,21)15-7-5-13(6-8-15)18-16(19)12-14-4-2-11-23-14/h2,4-8,11,17H,3,9-10,12H2,1H3,(H,18,19). The van der Waals surface area contributed by atoms with Crippen molar-refractivity contribution < 1.29 is 17.9 Å². The number of hydrogen-bond acceptors (Lipinski definition) is 5. The molecule has 130 valence electrons. The second kappa shape index (κ2) is 8.93. The molecule has 24 heavy (non-hydrogen) atoms. The third kappa shape index (κ3) is 5.72. The van der Waals surface area contributed by atoms with Crippen molar-refractivity contribution >= 4 is 33.0 Å². The third-order valence-electron chi connectivity index (χ3n) is 3.18. The van der Waals surface area contributed by atoms with Gasteiger partial charge in [0.1, 0.15) is 0 Å². The average molecular weight is 368 g/mol. The van der Waals surface area contributed by atoms with Gasteiger partial charge in [-0.2, -0.15) is 0 Å². The molecule has 0 saturated carbocycles. The van der Waals surface area contributed by atoms with Crippen LogP contribution in [0, 0.1) is 0 Å². The number of carbonyl (C=O) groups excluding carboxylic acids is 1. The van der Waals surface area contributed by atoms with Crippen LogP contribution < -0.4 is 10.0 Å². The van der Waals surface area contributed by atoms with E-state index in [0.717, 1.165) is 4.88 Å². The Morgan fingerprint density at radius 1 is 1.21 bits per heavy atom. The maximum absolute atomic E-state index is 12.1. The summed E-state index contributed by atoms with van der Waals surface area (Å²) in [7, 11) is -1.97. The molecule has 1 aromatic heterocycles. The molecule has 0 fully saturated rings. The molecule has 0 spiro atoms. The Hall–Kier alpha value is -1.74. The number of nitrogens with one attached hydrogen (secondary N) is 2. The van der Waals surface area contributed by atoms with Gasteiger partial charge in [0.15, 0.2) is 0 Å². The van der Waals surface area contributed by atoms with Crippen LogP contribution in [0.1, 0.15) is 11.3 Å². The van der Waals surface area contributed by atoms with Crippen LogP contribution in [0.3, 0.4) is 0 Å². The molecule has 2 rings (SSSR count). The van der Waals surface area contributed by atoms with E-state index in [1.165, 1.54) is 23.5 Å². The number of amides is 1. The molecule has 1 aromatic carbocycles. The van der Waals surface area contributed by atoms with Gasteiger partial charge in [-0.1, -0.05) is 6.07 Å². The van der Waals surface area contributed by atoms with Crippen molar-refractivity contribution in [1.82, 2.24) is 4.72 Å². The largest absolute Gasteiger partial charge is 0.385 e. The molecule has 0 aliphatic heterocycles. The summed E-state index contributed by atoms with van der Waals surface area (Å²) < 4.78 is 31.6. The number of thiophene rings is 1. The van der Waals surface area contributed by atoms with Gasteiger partial charge < -0.3 is 10.1 Å². The molecular weight excluding hydrogens is 348 g/mol. The molecule has 2 aromatic rings. The topological polar surface area (TPSA) is 84.5 Å². The minimum atomic E-state index is -3.54. The van der Waals surface area contributed by atoms with Crippen LogP contribution in [-0.2, 0) is 26.0 Å². The van der Waals surface area contributed by atoms with Crippen molar-refractivity contribution in [1.29, 1.82) is 0 Å². The molecule has 0 saturated heterocycles. The summed E-state index contributed by atoms with van der Waals surface area (Å²) in [6.45, 7) is 0.813. The van der Waals surface area contributed by atoms with Gasteiger partial charge in [-0.25, -0.2) is 13.1 Å². The molecule has 8 heteroatoms. The zero-order chi connectivity index (χ0) is 17.4. The molecule has 0 aliphatic carbocycles. The van der Waals surface area contributed by atoms with E-state index in [2.05, 4.69) is 10.0 Å². The lowest BCUT2D eigenvalue weighted by atomic mass is 10.3. The van der Waals surface area contributed by atoms with Crippen LogP contribution >= 0.6 is 11.3 Å². The van der Waals surface area contributed by atoms with Crippen LogP contribution in [0.4, 0.5) is 5.69 Å². The predicted molar refractivity (Wildman–Crippen MR) is 94.8 cm³/mol. The van der Waals surface area contributed by atoms with Crippen molar-refractivity contribution in [2.24, 2.45) is 0 Å². The van der Waals surface area contributed by atoms with Crippen molar-refractivity contribution in [3.05, 3.63) is 46.7 Å². The number of anilines is 1. The normalized spacial score (nSPS) is 11.4. The summed E-state index contributed by atoms with van der Waals surface area (Å²) in [4.78, 5) is 13.1. The Morgan fingerprint density at radius 3 is 2.58 bits per heavy atom. The minimum absolute atomic E-state index is 0.134. The van der Waals surface area contributed by atoms with Crippen LogP contribution in [-0.4, -0.2) is 34.6 Å². The number of benzene rings is 1. The summed E-state index contributed by atoms with van der Waals surface area (Å²) in [5, 5.41) is 4.67. The number of methoxy groups -OCH3 is 1. The fourth-order valence-corrected chi connectivity index (χ4v) is 3.78. The van der Waals surface area contributed by atoms with Crippen LogP contribution in [0.5, 0.6) is 0 Å². The molecule has 0 radical (unpaired) electrons. The quantitative estimate of drug-likeness (QED) is 0.665. The maximum Gasteiger partial charge on any atom is 0.240 e. The first kappa shape index (κ1) is 18.6. The van der Waals surface area contributed by atoms with E-state index in [1.54, 1.807) is 19.2 Å². The highest BCUT2D eigenvalue weighted by atomic mass is 32.2. The summed E-state index contributed by atoms with van der Waals surface area (Å²) in [6.07, 6.45) is 0.908. The number of rotatable bonds is 9. The molecule has 2 N–H and O–H groups in total. The molecule has 0 unspecified atom stereocenters. The number of ether oxygens (including phenoxy) is 1.